The van der Waals surface area contributed by atoms with Gasteiger partial charge >= 0.3 is 0 Å². The van der Waals surface area contributed by atoms with E-state index < -0.39 is 11.7 Å². The van der Waals surface area contributed by atoms with Crippen LogP contribution in [0.1, 0.15) is 52.4 Å². The highest BCUT2D eigenvalue weighted by molar-refractivity contribution is 7.09. The highest BCUT2D eigenvalue weighted by Crippen LogP contribution is 2.38. The molecule has 1 aromatic heterocycles. The summed E-state index contributed by atoms with van der Waals surface area (Å²) >= 11 is 1.52. The minimum absolute atomic E-state index is 0.134. The Balaban J connectivity index is 1.56. The largest absolute Gasteiger partial charge is 0.347 e. The Morgan fingerprint density at radius 2 is 1.77 bits per heavy atom. The van der Waals surface area contributed by atoms with Crippen molar-refractivity contribution in [3.05, 3.63) is 87.9 Å². The molecule has 160 valence electrons. The van der Waals surface area contributed by atoms with Crippen molar-refractivity contribution in [2.75, 3.05) is 5.32 Å². The molecule has 1 fully saturated rings. The molecule has 1 saturated carbocycles. The van der Waals surface area contributed by atoms with Gasteiger partial charge in [0.2, 0.25) is 5.91 Å². The number of amides is 2. The molecular formula is C25H25FN2O2S. The number of anilines is 1. The van der Waals surface area contributed by atoms with Gasteiger partial charge in [0.05, 0.1) is 23.7 Å². The molecule has 1 aliphatic rings. The summed E-state index contributed by atoms with van der Waals surface area (Å²) in [6.45, 7) is 0.312. The highest BCUT2D eigenvalue weighted by atomic mass is 32.1. The van der Waals surface area contributed by atoms with Crippen LogP contribution in [0.5, 0.6) is 0 Å². The van der Waals surface area contributed by atoms with Gasteiger partial charge in [-0.2, -0.15) is 0 Å². The molecular weight excluding hydrogens is 411 g/mol. The van der Waals surface area contributed by atoms with Crippen LogP contribution in [0.3, 0.4) is 0 Å². The molecule has 0 spiro atoms. The molecule has 2 aromatic carbocycles. The van der Waals surface area contributed by atoms with Crippen molar-refractivity contribution in [3.63, 3.8) is 0 Å². The Morgan fingerprint density at radius 1 is 1.00 bits per heavy atom. The zero-order chi connectivity index (χ0) is 21.6. The normalized spacial score (nSPS) is 14.9. The van der Waals surface area contributed by atoms with Gasteiger partial charge in [-0.25, -0.2) is 4.39 Å². The SMILES string of the molecule is O=C(NCc1cccs1)c1c(F)cccc1NC(=O)[C@H](c1ccccc1)C1CCCC1. The standard InChI is InChI=1S/C25H25FN2O2S/c26-20-13-6-14-21(23(20)24(29)27-16-19-12-7-15-31-19)28-25(30)22(18-10-4-5-11-18)17-8-2-1-3-9-17/h1-3,6-9,12-15,18,22H,4-5,10-11,16H2,(H,27,29)(H,28,30)/t22-/m1/s1. The maximum absolute atomic E-state index is 14.6. The molecule has 1 heterocycles. The summed E-state index contributed by atoms with van der Waals surface area (Å²) in [6.07, 6.45) is 4.20. The number of benzene rings is 2. The van der Waals surface area contributed by atoms with Crippen LogP contribution in [0.2, 0.25) is 0 Å². The van der Waals surface area contributed by atoms with Crippen LogP contribution in [-0.2, 0) is 11.3 Å². The summed E-state index contributed by atoms with van der Waals surface area (Å²) in [7, 11) is 0. The Bertz CT molecular complexity index is 1030. The lowest BCUT2D eigenvalue weighted by Crippen LogP contribution is -2.29. The van der Waals surface area contributed by atoms with Gasteiger partial charge < -0.3 is 10.6 Å². The van der Waals surface area contributed by atoms with E-state index in [0.717, 1.165) is 36.1 Å². The number of nitrogens with one attached hydrogen (secondary N) is 2. The molecule has 0 radical (unpaired) electrons. The second-order valence-electron chi connectivity index (χ2n) is 7.85. The van der Waals surface area contributed by atoms with E-state index in [1.807, 2.05) is 47.8 Å². The van der Waals surface area contributed by atoms with Crippen molar-refractivity contribution >= 4 is 28.8 Å². The molecule has 6 heteroatoms. The predicted octanol–water partition coefficient (Wildman–Crippen LogP) is 5.73. The summed E-state index contributed by atoms with van der Waals surface area (Å²) < 4.78 is 14.6. The quantitative estimate of drug-likeness (QED) is 0.497. The first kappa shape index (κ1) is 21.2. The molecule has 4 rings (SSSR count). The van der Waals surface area contributed by atoms with Gasteiger partial charge in [-0.05, 0) is 47.9 Å². The van der Waals surface area contributed by atoms with E-state index in [1.165, 1.54) is 23.5 Å². The predicted molar refractivity (Wildman–Crippen MR) is 122 cm³/mol. The summed E-state index contributed by atoms with van der Waals surface area (Å²) in [5.41, 5.74) is 1.02. The molecule has 0 saturated heterocycles. The van der Waals surface area contributed by atoms with E-state index in [1.54, 1.807) is 6.07 Å². The number of thiophene rings is 1. The lowest BCUT2D eigenvalue weighted by molar-refractivity contribution is -0.118. The van der Waals surface area contributed by atoms with Gasteiger partial charge in [-0.15, -0.1) is 11.3 Å². The van der Waals surface area contributed by atoms with E-state index in [4.69, 9.17) is 0 Å². The van der Waals surface area contributed by atoms with E-state index in [0.29, 0.717) is 6.54 Å². The molecule has 2 N–H and O–H groups in total. The fraction of sp³-hybridized carbons (Fsp3) is 0.280. The summed E-state index contributed by atoms with van der Waals surface area (Å²) in [5, 5.41) is 7.54. The van der Waals surface area contributed by atoms with E-state index >= 15 is 0 Å². The number of carbonyl (C=O) groups is 2. The second kappa shape index (κ2) is 9.88. The lowest BCUT2D eigenvalue weighted by Gasteiger charge is -2.24. The first-order valence-corrected chi connectivity index (χ1v) is 11.5. The molecule has 2 amide bonds. The van der Waals surface area contributed by atoms with Gasteiger partial charge in [0, 0.05) is 4.88 Å². The van der Waals surface area contributed by atoms with Gasteiger partial charge in [0.1, 0.15) is 5.82 Å². The van der Waals surface area contributed by atoms with E-state index in [-0.39, 0.29) is 29.0 Å². The van der Waals surface area contributed by atoms with Gasteiger partial charge in [0.15, 0.2) is 0 Å². The first-order chi connectivity index (χ1) is 15.1. The van der Waals surface area contributed by atoms with Crippen LogP contribution in [0, 0.1) is 11.7 Å². The summed E-state index contributed by atoms with van der Waals surface area (Å²) in [4.78, 5) is 27.1. The average Bonchev–Trinajstić information content (AvgIpc) is 3.48. The second-order valence-corrected chi connectivity index (χ2v) is 8.88. The van der Waals surface area contributed by atoms with Crippen LogP contribution in [0.15, 0.2) is 66.0 Å². The maximum Gasteiger partial charge on any atom is 0.256 e. The number of halogens is 1. The molecule has 3 aromatic rings. The Morgan fingerprint density at radius 3 is 2.48 bits per heavy atom. The van der Waals surface area contributed by atoms with Crippen molar-refractivity contribution in [1.29, 1.82) is 0 Å². The fourth-order valence-electron chi connectivity index (χ4n) is 4.33. The third-order valence-corrected chi connectivity index (χ3v) is 6.69. The molecule has 1 aliphatic carbocycles. The topological polar surface area (TPSA) is 58.2 Å². The number of rotatable bonds is 7. The van der Waals surface area contributed by atoms with Gasteiger partial charge in [0.25, 0.3) is 5.91 Å². The number of hydrogen-bond acceptors (Lipinski definition) is 3. The van der Waals surface area contributed by atoms with Crippen LogP contribution in [0.25, 0.3) is 0 Å². The van der Waals surface area contributed by atoms with Crippen LogP contribution < -0.4 is 10.6 Å². The van der Waals surface area contributed by atoms with Crippen molar-refractivity contribution in [2.45, 2.75) is 38.1 Å². The third kappa shape index (κ3) is 5.02. The van der Waals surface area contributed by atoms with Crippen molar-refractivity contribution in [3.8, 4) is 0 Å². The van der Waals surface area contributed by atoms with E-state index in [9.17, 15) is 14.0 Å². The lowest BCUT2D eigenvalue weighted by atomic mass is 9.84. The zero-order valence-electron chi connectivity index (χ0n) is 17.1. The average molecular weight is 437 g/mol. The Kier molecular flexibility index (Phi) is 6.77. The first-order valence-electron chi connectivity index (χ1n) is 10.6. The number of carbonyl (C=O) groups excluding carboxylic acids is 2. The molecule has 0 unspecified atom stereocenters. The smallest absolute Gasteiger partial charge is 0.256 e. The van der Waals surface area contributed by atoms with Crippen LogP contribution in [0.4, 0.5) is 10.1 Å². The molecule has 4 nitrogen and oxygen atoms in total. The molecule has 1 atom stereocenters. The van der Waals surface area contributed by atoms with Crippen LogP contribution in [-0.4, -0.2) is 11.8 Å². The van der Waals surface area contributed by atoms with Gasteiger partial charge in [-0.1, -0.05) is 55.3 Å². The highest BCUT2D eigenvalue weighted by Gasteiger charge is 2.32. The fourth-order valence-corrected chi connectivity index (χ4v) is 4.97. The zero-order valence-corrected chi connectivity index (χ0v) is 18.0. The van der Waals surface area contributed by atoms with E-state index in [2.05, 4.69) is 10.6 Å². The monoisotopic (exact) mass is 436 g/mol. The van der Waals surface area contributed by atoms with Crippen LogP contribution >= 0.6 is 11.3 Å². The minimum Gasteiger partial charge on any atom is -0.347 e. The molecule has 31 heavy (non-hydrogen) atoms. The van der Waals surface area contributed by atoms with Crippen molar-refractivity contribution in [1.82, 2.24) is 5.32 Å². The summed E-state index contributed by atoms with van der Waals surface area (Å²) in [5.74, 6) is -1.48. The van der Waals surface area contributed by atoms with Crippen molar-refractivity contribution in [2.24, 2.45) is 5.92 Å². The Labute approximate surface area is 185 Å². The number of hydrogen-bond donors (Lipinski definition) is 2. The van der Waals surface area contributed by atoms with Crippen molar-refractivity contribution < 1.29 is 14.0 Å². The molecule has 0 bridgehead atoms. The maximum atomic E-state index is 14.6. The third-order valence-electron chi connectivity index (χ3n) is 5.81. The van der Waals surface area contributed by atoms with Gasteiger partial charge in [-0.3, -0.25) is 9.59 Å². The molecule has 0 aliphatic heterocycles. The summed E-state index contributed by atoms with van der Waals surface area (Å²) in [6, 6.07) is 17.8. The minimum atomic E-state index is -0.654. The Hall–Kier alpha value is -2.99.